The molecule has 1 N–H and O–H groups in total. The number of aryl methyl sites for hydroxylation is 1. The van der Waals surface area contributed by atoms with Gasteiger partial charge in [0.25, 0.3) is 0 Å². The third-order valence-electron chi connectivity index (χ3n) is 6.79. The van der Waals surface area contributed by atoms with E-state index in [4.69, 9.17) is 33.4 Å². The number of H-pyrrole nitrogens is 1. The van der Waals surface area contributed by atoms with Crippen LogP contribution in [0.15, 0.2) is 42.1 Å². The monoisotopic (exact) mass is 590 g/mol. The molecule has 1 aliphatic heterocycles. The fourth-order valence-corrected chi connectivity index (χ4v) is 4.69. The molecule has 0 saturated carbocycles. The van der Waals surface area contributed by atoms with Gasteiger partial charge in [0.15, 0.2) is 18.1 Å². The largest absolute Gasteiger partial charge is 0.497 e. The van der Waals surface area contributed by atoms with Gasteiger partial charge in [-0.05, 0) is 37.6 Å². The van der Waals surface area contributed by atoms with E-state index in [9.17, 15) is 4.79 Å². The fourth-order valence-electron chi connectivity index (χ4n) is 4.69. The van der Waals surface area contributed by atoms with Gasteiger partial charge in [0.2, 0.25) is 12.6 Å². The van der Waals surface area contributed by atoms with Crippen LogP contribution >= 0.6 is 0 Å². The second kappa shape index (κ2) is 13.7. The van der Waals surface area contributed by atoms with Crippen LogP contribution in [0.1, 0.15) is 49.6 Å². The van der Waals surface area contributed by atoms with E-state index in [0.717, 1.165) is 24.2 Å². The third-order valence-corrected chi connectivity index (χ3v) is 6.79. The molecule has 43 heavy (non-hydrogen) atoms. The van der Waals surface area contributed by atoms with E-state index < -0.39 is 5.97 Å². The van der Waals surface area contributed by atoms with E-state index >= 15 is 0 Å². The lowest BCUT2D eigenvalue weighted by atomic mass is 10.0. The summed E-state index contributed by atoms with van der Waals surface area (Å²) in [5, 5.41) is 14.0. The van der Waals surface area contributed by atoms with Gasteiger partial charge in [-0.15, -0.1) is 10.2 Å². The number of aromatic amines is 1. The molecular weight excluding hydrogens is 556 g/mol. The van der Waals surface area contributed by atoms with Gasteiger partial charge < -0.3 is 28.4 Å². The summed E-state index contributed by atoms with van der Waals surface area (Å²) < 4.78 is 35.8. The van der Waals surface area contributed by atoms with Crippen LogP contribution in [0.25, 0.3) is 11.8 Å². The van der Waals surface area contributed by atoms with Crippen LogP contribution < -0.4 is 23.7 Å². The SMILES string of the molecule is CCCCc1ncc(C=C(Cc2cc3c(cc2OC)OCO3)C(=O)OCC)n1-c1ccc(OC)cc1OCc1nn[nH]n1. The number of hydrogen-bond donors (Lipinski definition) is 1. The number of unbranched alkanes of at least 4 members (excludes halogenated alkanes) is 1. The van der Waals surface area contributed by atoms with Gasteiger partial charge in [0.05, 0.1) is 38.4 Å². The molecule has 13 heteroatoms. The molecule has 0 aliphatic carbocycles. The molecule has 0 fully saturated rings. The molecule has 0 saturated heterocycles. The number of imidazole rings is 1. The van der Waals surface area contributed by atoms with E-state index in [1.807, 2.05) is 22.8 Å². The predicted octanol–water partition coefficient (Wildman–Crippen LogP) is 4.24. The highest BCUT2D eigenvalue weighted by atomic mass is 16.7. The summed E-state index contributed by atoms with van der Waals surface area (Å²) in [6.07, 6.45) is 6.38. The Balaban J connectivity index is 1.60. The molecule has 5 rings (SSSR count). The zero-order valence-corrected chi connectivity index (χ0v) is 24.6. The number of fused-ring (bicyclic) bond motifs is 1. The molecule has 0 bridgehead atoms. The van der Waals surface area contributed by atoms with Crippen molar-refractivity contribution in [2.75, 3.05) is 27.6 Å². The van der Waals surface area contributed by atoms with Crippen LogP contribution in [0.3, 0.4) is 0 Å². The Morgan fingerprint density at radius 3 is 2.65 bits per heavy atom. The van der Waals surface area contributed by atoms with Crippen molar-refractivity contribution in [3.63, 3.8) is 0 Å². The lowest BCUT2D eigenvalue weighted by Gasteiger charge is -2.17. The molecule has 0 radical (unpaired) electrons. The molecule has 3 heterocycles. The van der Waals surface area contributed by atoms with Crippen molar-refractivity contribution in [3.8, 4) is 34.4 Å². The van der Waals surface area contributed by atoms with E-state index in [-0.39, 0.29) is 26.4 Å². The van der Waals surface area contributed by atoms with Crippen molar-refractivity contribution in [1.82, 2.24) is 30.2 Å². The summed E-state index contributed by atoms with van der Waals surface area (Å²) in [5.74, 6) is 3.64. The second-order valence-corrected chi connectivity index (χ2v) is 9.57. The Hall–Kier alpha value is -5.07. The molecule has 4 aromatic rings. The topological polar surface area (TPSA) is 145 Å². The number of hydrogen-bond acceptors (Lipinski definition) is 11. The van der Waals surface area contributed by atoms with Gasteiger partial charge in [-0.1, -0.05) is 18.6 Å². The van der Waals surface area contributed by atoms with Crippen molar-refractivity contribution >= 4 is 12.0 Å². The Bertz CT molecular complexity index is 1580. The quantitative estimate of drug-likeness (QED) is 0.166. The van der Waals surface area contributed by atoms with Crippen LogP contribution in [0.2, 0.25) is 0 Å². The molecule has 0 unspecified atom stereocenters. The number of carbonyl (C=O) groups excluding carboxylic acids is 1. The summed E-state index contributed by atoms with van der Waals surface area (Å²) in [7, 11) is 3.16. The Morgan fingerprint density at radius 2 is 1.93 bits per heavy atom. The number of ether oxygens (including phenoxy) is 6. The number of rotatable bonds is 14. The zero-order valence-electron chi connectivity index (χ0n) is 24.6. The summed E-state index contributed by atoms with van der Waals surface area (Å²) in [6.45, 7) is 4.33. The summed E-state index contributed by atoms with van der Waals surface area (Å²) in [5.41, 5.74) is 2.54. The minimum Gasteiger partial charge on any atom is -0.497 e. The van der Waals surface area contributed by atoms with Crippen molar-refractivity contribution in [2.45, 2.75) is 46.1 Å². The maximum atomic E-state index is 13.3. The van der Waals surface area contributed by atoms with E-state index in [1.165, 1.54) is 0 Å². The number of nitrogens with zero attached hydrogens (tertiary/aromatic N) is 5. The van der Waals surface area contributed by atoms with Crippen molar-refractivity contribution in [2.24, 2.45) is 0 Å². The van der Waals surface area contributed by atoms with Gasteiger partial charge in [0.1, 0.15) is 23.1 Å². The first-order chi connectivity index (χ1) is 21.0. The first kappa shape index (κ1) is 29.4. The van der Waals surface area contributed by atoms with Gasteiger partial charge >= 0.3 is 5.97 Å². The van der Waals surface area contributed by atoms with Crippen molar-refractivity contribution in [1.29, 1.82) is 0 Å². The van der Waals surface area contributed by atoms with Gasteiger partial charge in [-0.3, -0.25) is 4.57 Å². The van der Waals surface area contributed by atoms with Gasteiger partial charge in [-0.25, -0.2) is 9.78 Å². The highest BCUT2D eigenvalue weighted by Gasteiger charge is 2.23. The van der Waals surface area contributed by atoms with Crippen LogP contribution in [0, 0.1) is 0 Å². The molecule has 0 spiro atoms. The number of benzene rings is 2. The zero-order chi connectivity index (χ0) is 30.2. The molecular formula is C30H34N6O7. The standard InChI is InChI=1S/C30H34N6O7/c1-5-7-8-29-31-16-21(36(29)23-10-9-22(38-3)14-25(23)41-17-28-32-34-35-33-28)12-20(30(37)40-6-2)11-19-13-26-27(43-18-42-26)15-24(19)39-4/h9-10,12-16H,5-8,11,17-18H2,1-4H3,(H,32,33,34,35). The minimum absolute atomic E-state index is 0.0822. The predicted molar refractivity (Wildman–Crippen MR) is 155 cm³/mol. The third kappa shape index (κ3) is 6.71. The second-order valence-electron chi connectivity index (χ2n) is 9.57. The molecule has 226 valence electrons. The van der Waals surface area contributed by atoms with E-state index in [0.29, 0.717) is 57.9 Å². The first-order valence-electron chi connectivity index (χ1n) is 14.0. The van der Waals surface area contributed by atoms with E-state index in [1.54, 1.807) is 45.5 Å². The van der Waals surface area contributed by atoms with E-state index in [2.05, 4.69) is 27.5 Å². The Kier molecular flexibility index (Phi) is 9.39. The molecule has 0 atom stereocenters. The lowest BCUT2D eigenvalue weighted by molar-refractivity contribution is -0.138. The number of tetrazole rings is 1. The van der Waals surface area contributed by atoms with Crippen LogP contribution in [0.5, 0.6) is 28.7 Å². The molecule has 2 aromatic carbocycles. The van der Waals surface area contributed by atoms with Crippen molar-refractivity contribution < 1.29 is 33.2 Å². The van der Waals surface area contributed by atoms with Crippen LogP contribution in [0.4, 0.5) is 0 Å². The first-order valence-corrected chi connectivity index (χ1v) is 14.0. The fraction of sp³-hybridized carbons (Fsp3) is 0.367. The minimum atomic E-state index is -0.451. The summed E-state index contributed by atoms with van der Waals surface area (Å²) in [6, 6.07) is 9.11. The van der Waals surface area contributed by atoms with Gasteiger partial charge in [-0.2, -0.15) is 5.21 Å². The molecule has 0 amide bonds. The number of carbonyl (C=O) groups is 1. The number of methoxy groups -OCH3 is 2. The molecule has 1 aliphatic rings. The highest BCUT2D eigenvalue weighted by Crippen LogP contribution is 2.39. The normalized spacial score (nSPS) is 12.3. The van der Waals surface area contributed by atoms with Gasteiger partial charge in [0, 0.05) is 36.1 Å². The lowest BCUT2D eigenvalue weighted by Crippen LogP contribution is -2.12. The van der Waals surface area contributed by atoms with Crippen LogP contribution in [-0.2, 0) is 29.0 Å². The number of nitrogens with one attached hydrogen (secondary N) is 1. The Labute approximate surface area is 248 Å². The summed E-state index contributed by atoms with van der Waals surface area (Å²) >= 11 is 0. The average Bonchev–Trinajstić information content (AvgIpc) is 3.79. The maximum absolute atomic E-state index is 13.3. The maximum Gasteiger partial charge on any atom is 0.334 e. The molecule has 13 nitrogen and oxygen atoms in total. The van der Waals surface area contributed by atoms with Crippen LogP contribution in [-0.4, -0.2) is 63.8 Å². The highest BCUT2D eigenvalue weighted by molar-refractivity contribution is 5.94. The molecule has 2 aromatic heterocycles. The van der Waals surface area contributed by atoms with Crippen molar-refractivity contribution in [3.05, 3.63) is 65.0 Å². The Morgan fingerprint density at radius 1 is 1.09 bits per heavy atom. The number of esters is 1. The average molecular weight is 591 g/mol. The smallest absolute Gasteiger partial charge is 0.334 e. The number of aromatic nitrogens is 6. The summed E-state index contributed by atoms with van der Waals surface area (Å²) in [4.78, 5) is 18.1.